The molecule has 136 valence electrons. The molecule has 5 unspecified atom stereocenters. The first-order valence-electron chi connectivity index (χ1n) is 10.3. The van der Waals surface area contributed by atoms with Crippen LogP contribution in [0.5, 0.6) is 0 Å². The summed E-state index contributed by atoms with van der Waals surface area (Å²) < 4.78 is 6.61. The van der Waals surface area contributed by atoms with Crippen molar-refractivity contribution < 1.29 is 9.84 Å². The second-order valence-corrected chi connectivity index (χ2v) is 9.00. The van der Waals surface area contributed by atoms with Gasteiger partial charge in [-0.15, -0.1) is 0 Å². The van der Waals surface area contributed by atoms with Crippen molar-refractivity contribution in [3.63, 3.8) is 0 Å². The summed E-state index contributed by atoms with van der Waals surface area (Å²) in [6.45, 7) is 9.19. The van der Waals surface area contributed by atoms with Crippen LogP contribution in [0.3, 0.4) is 0 Å². The molecule has 0 radical (unpaired) electrons. The maximum absolute atomic E-state index is 10.6. The first-order chi connectivity index (χ1) is 10.9. The second kappa shape index (κ2) is 8.85. The molecule has 1 aliphatic carbocycles. The summed E-state index contributed by atoms with van der Waals surface area (Å²) in [5.74, 6) is 1.86. The average molecular weight is 325 g/mol. The van der Waals surface area contributed by atoms with Crippen LogP contribution in [0.25, 0.3) is 0 Å². The van der Waals surface area contributed by atoms with Crippen molar-refractivity contribution in [1.82, 2.24) is 0 Å². The number of hydrogen-bond donors (Lipinski definition) is 1. The lowest BCUT2D eigenvalue weighted by Gasteiger charge is -2.49. The Morgan fingerprint density at radius 1 is 1.17 bits per heavy atom. The Morgan fingerprint density at radius 3 is 2.65 bits per heavy atom. The van der Waals surface area contributed by atoms with Crippen LogP contribution in [0, 0.1) is 17.8 Å². The number of rotatable bonds is 8. The van der Waals surface area contributed by atoms with Gasteiger partial charge in [-0.25, -0.2) is 0 Å². The molecular formula is C21H40O2. The number of hydrogen-bond acceptors (Lipinski definition) is 2. The molecule has 2 nitrogen and oxygen atoms in total. The van der Waals surface area contributed by atoms with E-state index in [1.807, 2.05) is 0 Å². The van der Waals surface area contributed by atoms with E-state index in [9.17, 15) is 5.11 Å². The number of ether oxygens (including phenoxy) is 1. The van der Waals surface area contributed by atoms with Gasteiger partial charge in [0, 0.05) is 5.92 Å². The van der Waals surface area contributed by atoms with E-state index < -0.39 is 0 Å². The van der Waals surface area contributed by atoms with Crippen LogP contribution in [-0.2, 0) is 4.74 Å². The lowest BCUT2D eigenvalue weighted by Crippen LogP contribution is -2.50. The van der Waals surface area contributed by atoms with Gasteiger partial charge in [0.25, 0.3) is 0 Å². The molecule has 1 saturated heterocycles. The Morgan fingerprint density at radius 2 is 1.96 bits per heavy atom. The molecule has 1 aliphatic heterocycles. The molecular weight excluding hydrogens is 284 g/mol. The van der Waals surface area contributed by atoms with Gasteiger partial charge in [0.05, 0.1) is 17.8 Å². The topological polar surface area (TPSA) is 29.5 Å². The number of aliphatic hydroxyl groups is 1. The fraction of sp³-hybridized carbons (Fsp3) is 1.00. The third kappa shape index (κ3) is 5.74. The summed E-state index contributed by atoms with van der Waals surface area (Å²) in [5, 5.41) is 10.6. The summed E-state index contributed by atoms with van der Waals surface area (Å²) in [5.41, 5.74) is 0.0566. The molecule has 1 heterocycles. The fourth-order valence-corrected chi connectivity index (χ4v) is 4.76. The fourth-order valence-electron chi connectivity index (χ4n) is 4.76. The van der Waals surface area contributed by atoms with Gasteiger partial charge in [0.1, 0.15) is 0 Å². The quantitative estimate of drug-likeness (QED) is 0.579. The molecule has 0 bridgehead atoms. The predicted octanol–water partition coefficient (Wildman–Crippen LogP) is 5.72. The lowest BCUT2D eigenvalue weighted by atomic mass is 9.70. The van der Waals surface area contributed by atoms with E-state index in [0.29, 0.717) is 17.9 Å². The van der Waals surface area contributed by atoms with Gasteiger partial charge < -0.3 is 9.84 Å². The maximum atomic E-state index is 10.6. The van der Waals surface area contributed by atoms with Gasteiger partial charge >= 0.3 is 0 Å². The minimum Gasteiger partial charge on any atom is -0.393 e. The van der Waals surface area contributed by atoms with E-state index in [1.54, 1.807) is 0 Å². The molecule has 0 spiro atoms. The first kappa shape index (κ1) is 19.2. The van der Waals surface area contributed by atoms with E-state index >= 15 is 0 Å². The summed E-state index contributed by atoms with van der Waals surface area (Å²) in [4.78, 5) is 0. The maximum Gasteiger partial charge on any atom is 0.0658 e. The van der Waals surface area contributed by atoms with Gasteiger partial charge in [-0.2, -0.15) is 0 Å². The minimum atomic E-state index is -0.124. The standard InChI is InChI=1S/C21H40O2/c1-5-6-7-10-17-14-19(22)18-11-13-21(4,23-20(18)15-17)12-8-9-16(2)3/h16-20,22H,5-15H2,1-4H3. The zero-order chi connectivity index (χ0) is 16.9. The Hall–Kier alpha value is -0.0800. The molecule has 2 rings (SSSR count). The number of aliphatic hydroxyl groups excluding tert-OH is 1. The molecule has 0 amide bonds. The summed E-state index contributed by atoms with van der Waals surface area (Å²) in [6.07, 6.45) is 13.6. The molecule has 23 heavy (non-hydrogen) atoms. The van der Waals surface area contributed by atoms with E-state index in [0.717, 1.165) is 25.2 Å². The Balaban J connectivity index is 1.85. The van der Waals surface area contributed by atoms with Gasteiger partial charge in [-0.1, -0.05) is 59.3 Å². The lowest BCUT2D eigenvalue weighted by molar-refractivity contribution is -0.190. The molecule has 0 aromatic rings. The Bertz CT molecular complexity index is 337. The van der Waals surface area contributed by atoms with E-state index in [2.05, 4.69) is 27.7 Å². The Kier molecular flexibility index (Phi) is 7.41. The van der Waals surface area contributed by atoms with Crippen LogP contribution >= 0.6 is 0 Å². The molecule has 2 aliphatic rings. The summed E-state index contributed by atoms with van der Waals surface area (Å²) in [6, 6.07) is 0. The molecule has 1 N–H and O–H groups in total. The zero-order valence-corrected chi connectivity index (χ0v) is 16.0. The molecule has 5 atom stereocenters. The third-order valence-electron chi connectivity index (χ3n) is 6.26. The smallest absolute Gasteiger partial charge is 0.0658 e. The number of unbranched alkanes of at least 4 members (excludes halogenated alkanes) is 2. The third-order valence-corrected chi connectivity index (χ3v) is 6.26. The van der Waals surface area contributed by atoms with Gasteiger partial charge in [-0.3, -0.25) is 0 Å². The molecule has 0 aromatic carbocycles. The molecule has 1 saturated carbocycles. The van der Waals surface area contributed by atoms with Gasteiger partial charge in [-0.05, 0) is 50.9 Å². The van der Waals surface area contributed by atoms with Crippen molar-refractivity contribution in [3.05, 3.63) is 0 Å². The molecule has 2 fully saturated rings. The zero-order valence-electron chi connectivity index (χ0n) is 16.0. The Labute approximate surface area is 144 Å². The van der Waals surface area contributed by atoms with Crippen molar-refractivity contribution in [2.75, 3.05) is 0 Å². The predicted molar refractivity (Wildman–Crippen MR) is 97.6 cm³/mol. The average Bonchev–Trinajstić information content (AvgIpc) is 2.46. The van der Waals surface area contributed by atoms with E-state index in [4.69, 9.17) is 4.74 Å². The van der Waals surface area contributed by atoms with Crippen LogP contribution in [-0.4, -0.2) is 22.9 Å². The second-order valence-electron chi connectivity index (χ2n) is 9.00. The molecule has 2 heteroatoms. The van der Waals surface area contributed by atoms with Crippen LogP contribution in [0.15, 0.2) is 0 Å². The van der Waals surface area contributed by atoms with Crippen molar-refractivity contribution in [1.29, 1.82) is 0 Å². The SMILES string of the molecule is CCCCCC1CC(O)C2CCC(C)(CCCC(C)C)OC2C1. The van der Waals surface area contributed by atoms with Crippen molar-refractivity contribution >= 4 is 0 Å². The number of fused-ring (bicyclic) bond motifs is 1. The highest BCUT2D eigenvalue weighted by Gasteiger charge is 2.44. The van der Waals surface area contributed by atoms with E-state index in [-0.39, 0.29) is 11.7 Å². The highest BCUT2D eigenvalue weighted by Crippen LogP contribution is 2.44. The minimum absolute atomic E-state index is 0.0566. The molecule has 0 aromatic heterocycles. The monoisotopic (exact) mass is 324 g/mol. The van der Waals surface area contributed by atoms with E-state index in [1.165, 1.54) is 51.4 Å². The van der Waals surface area contributed by atoms with Crippen LogP contribution < -0.4 is 0 Å². The normalized spacial score (nSPS) is 37.8. The van der Waals surface area contributed by atoms with Gasteiger partial charge in [0.2, 0.25) is 0 Å². The largest absolute Gasteiger partial charge is 0.393 e. The summed E-state index contributed by atoms with van der Waals surface area (Å²) >= 11 is 0. The highest BCUT2D eigenvalue weighted by molar-refractivity contribution is 4.94. The first-order valence-corrected chi connectivity index (χ1v) is 10.3. The highest BCUT2D eigenvalue weighted by atomic mass is 16.5. The summed E-state index contributed by atoms with van der Waals surface area (Å²) in [7, 11) is 0. The van der Waals surface area contributed by atoms with Crippen LogP contribution in [0.2, 0.25) is 0 Å². The van der Waals surface area contributed by atoms with Crippen molar-refractivity contribution in [2.24, 2.45) is 17.8 Å². The van der Waals surface area contributed by atoms with Crippen LogP contribution in [0.4, 0.5) is 0 Å². The van der Waals surface area contributed by atoms with Crippen molar-refractivity contribution in [3.8, 4) is 0 Å². The van der Waals surface area contributed by atoms with Crippen molar-refractivity contribution in [2.45, 2.75) is 116 Å². The van der Waals surface area contributed by atoms with Crippen LogP contribution in [0.1, 0.15) is 98.3 Å². The van der Waals surface area contributed by atoms with Gasteiger partial charge in [0.15, 0.2) is 0 Å².